The van der Waals surface area contributed by atoms with Crippen LogP contribution in [-0.2, 0) is 6.54 Å². The molecule has 0 radical (unpaired) electrons. The van der Waals surface area contributed by atoms with Gasteiger partial charge in [0.05, 0.1) is 17.1 Å². The largest absolute Gasteiger partial charge is 0.297 e. The Labute approximate surface area is 127 Å². The van der Waals surface area contributed by atoms with Crippen molar-refractivity contribution in [3.8, 4) is 10.7 Å². The lowest BCUT2D eigenvalue weighted by molar-refractivity contribution is 0.185. The Hall–Kier alpha value is -1.05. The van der Waals surface area contributed by atoms with Crippen LogP contribution in [0.4, 0.5) is 0 Å². The fraction of sp³-hybridized carbons (Fsp3) is 0.615. The summed E-state index contributed by atoms with van der Waals surface area (Å²) in [4.78, 5) is 12.5. The monoisotopic (exact) mass is 309 g/mol. The molecule has 7 heteroatoms. The zero-order valence-corrected chi connectivity index (χ0v) is 13.4. The minimum atomic E-state index is 0.486. The number of H-pyrrole nitrogens is 2. The standard InChI is InChI=1S/C13H19N5S2/c1-8-3-5-18(6-4-8)7-10-14-9(2)11(20-10)12-15-13(19)17-16-12/h8H,3-7H2,1-2H3,(H2,15,16,17,19). The van der Waals surface area contributed by atoms with Gasteiger partial charge in [-0.1, -0.05) is 6.92 Å². The predicted octanol–water partition coefficient (Wildman–Crippen LogP) is 3.13. The summed E-state index contributed by atoms with van der Waals surface area (Å²) < 4.78 is 0.486. The van der Waals surface area contributed by atoms with Gasteiger partial charge >= 0.3 is 0 Å². The fourth-order valence-corrected chi connectivity index (χ4v) is 3.72. The molecule has 0 saturated carbocycles. The Morgan fingerprint density at radius 1 is 1.30 bits per heavy atom. The molecule has 0 aliphatic carbocycles. The third kappa shape index (κ3) is 2.99. The van der Waals surface area contributed by atoms with E-state index < -0.39 is 0 Å². The van der Waals surface area contributed by atoms with E-state index in [1.807, 2.05) is 6.92 Å². The van der Waals surface area contributed by atoms with Crippen LogP contribution in [0.1, 0.15) is 30.5 Å². The maximum Gasteiger partial charge on any atom is 0.213 e. The third-order valence-corrected chi connectivity index (χ3v) is 5.13. The maximum atomic E-state index is 5.00. The lowest BCUT2D eigenvalue weighted by atomic mass is 9.99. The zero-order chi connectivity index (χ0) is 14.1. The molecular formula is C13H19N5S2. The Bertz CT molecular complexity index is 633. The highest BCUT2D eigenvalue weighted by Crippen LogP contribution is 2.28. The van der Waals surface area contributed by atoms with Crippen molar-refractivity contribution in [1.29, 1.82) is 0 Å². The quantitative estimate of drug-likeness (QED) is 0.855. The third-order valence-electron chi connectivity index (χ3n) is 3.79. The normalized spacial score (nSPS) is 17.7. The summed E-state index contributed by atoms with van der Waals surface area (Å²) in [5.41, 5.74) is 1.02. The first-order valence-corrected chi connectivity index (χ1v) is 8.18. The van der Waals surface area contributed by atoms with Gasteiger partial charge in [-0.2, -0.15) is 4.98 Å². The Kier molecular flexibility index (Phi) is 4.00. The van der Waals surface area contributed by atoms with Crippen molar-refractivity contribution in [3.63, 3.8) is 0 Å². The van der Waals surface area contributed by atoms with Gasteiger partial charge in [0, 0.05) is 0 Å². The van der Waals surface area contributed by atoms with Crippen molar-refractivity contribution in [2.45, 2.75) is 33.2 Å². The number of aromatic nitrogens is 4. The molecule has 1 saturated heterocycles. The minimum absolute atomic E-state index is 0.486. The summed E-state index contributed by atoms with van der Waals surface area (Å²) >= 11 is 6.71. The molecule has 0 atom stereocenters. The second-order valence-electron chi connectivity index (χ2n) is 5.50. The molecule has 2 aromatic heterocycles. The van der Waals surface area contributed by atoms with Gasteiger partial charge in [0.1, 0.15) is 5.01 Å². The molecule has 1 aliphatic heterocycles. The number of thiazole rings is 1. The molecule has 1 fully saturated rings. The van der Waals surface area contributed by atoms with Gasteiger partial charge in [-0.25, -0.2) is 4.98 Å². The lowest BCUT2D eigenvalue weighted by Crippen LogP contribution is -2.32. The van der Waals surface area contributed by atoms with Crippen LogP contribution in [0, 0.1) is 17.6 Å². The predicted molar refractivity (Wildman–Crippen MR) is 83.3 cm³/mol. The first kappa shape index (κ1) is 13.9. The van der Waals surface area contributed by atoms with Crippen molar-refractivity contribution in [2.24, 2.45) is 5.92 Å². The van der Waals surface area contributed by atoms with Crippen LogP contribution < -0.4 is 0 Å². The van der Waals surface area contributed by atoms with Crippen molar-refractivity contribution in [2.75, 3.05) is 13.1 Å². The number of hydrogen-bond donors (Lipinski definition) is 2. The highest BCUT2D eigenvalue weighted by atomic mass is 32.1. The number of piperidine rings is 1. The molecule has 2 aromatic rings. The molecule has 1 aliphatic rings. The Morgan fingerprint density at radius 2 is 2.05 bits per heavy atom. The first-order valence-electron chi connectivity index (χ1n) is 6.95. The molecule has 108 valence electrons. The number of hydrogen-bond acceptors (Lipinski definition) is 5. The van der Waals surface area contributed by atoms with Crippen LogP contribution >= 0.6 is 23.6 Å². The number of nitrogens with one attached hydrogen (secondary N) is 2. The van der Waals surface area contributed by atoms with Crippen molar-refractivity contribution < 1.29 is 0 Å². The van der Waals surface area contributed by atoms with Crippen molar-refractivity contribution >= 4 is 23.6 Å². The van der Waals surface area contributed by atoms with Crippen LogP contribution in [0.5, 0.6) is 0 Å². The fourth-order valence-electron chi connectivity index (χ4n) is 2.53. The van der Waals surface area contributed by atoms with Gasteiger partial charge in [0.25, 0.3) is 0 Å². The number of nitrogens with zero attached hydrogens (tertiary/aromatic N) is 3. The van der Waals surface area contributed by atoms with E-state index in [2.05, 4.69) is 32.0 Å². The molecule has 3 rings (SSSR count). The topological polar surface area (TPSA) is 60.6 Å². The van der Waals surface area contributed by atoms with E-state index in [1.165, 1.54) is 25.9 Å². The maximum absolute atomic E-state index is 5.00. The summed E-state index contributed by atoms with van der Waals surface area (Å²) in [6.07, 6.45) is 2.59. The first-order chi connectivity index (χ1) is 9.61. The van der Waals surface area contributed by atoms with Crippen LogP contribution in [0.3, 0.4) is 0 Å². The van der Waals surface area contributed by atoms with E-state index in [0.29, 0.717) is 4.77 Å². The summed E-state index contributed by atoms with van der Waals surface area (Å²) in [5, 5.41) is 7.00. The molecule has 0 unspecified atom stereocenters. The van der Waals surface area contributed by atoms with Crippen LogP contribution in [0.15, 0.2) is 0 Å². The van der Waals surface area contributed by atoms with Gasteiger partial charge in [-0.05, 0) is 51.0 Å². The average Bonchev–Trinajstić information content (AvgIpc) is 2.98. The highest BCUT2D eigenvalue weighted by molar-refractivity contribution is 7.71. The van der Waals surface area contributed by atoms with Crippen molar-refractivity contribution in [1.82, 2.24) is 25.1 Å². The van der Waals surface area contributed by atoms with Gasteiger partial charge < -0.3 is 0 Å². The minimum Gasteiger partial charge on any atom is -0.297 e. The molecule has 2 N–H and O–H groups in total. The van der Waals surface area contributed by atoms with Crippen LogP contribution in [0.2, 0.25) is 0 Å². The number of rotatable bonds is 3. The molecule has 0 bridgehead atoms. The van der Waals surface area contributed by atoms with Gasteiger partial charge in [-0.3, -0.25) is 15.1 Å². The van der Waals surface area contributed by atoms with E-state index in [1.54, 1.807) is 11.3 Å². The SMILES string of the molecule is Cc1nc(CN2CCC(C)CC2)sc1-c1nc(=S)[nH][nH]1. The Morgan fingerprint density at radius 3 is 2.70 bits per heavy atom. The molecule has 20 heavy (non-hydrogen) atoms. The summed E-state index contributed by atoms with van der Waals surface area (Å²) in [6, 6.07) is 0. The number of aromatic amines is 2. The molecule has 3 heterocycles. The number of likely N-dealkylation sites (tertiary alicyclic amines) is 1. The van der Waals surface area contributed by atoms with E-state index in [-0.39, 0.29) is 0 Å². The van der Waals surface area contributed by atoms with Crippen molar-refractivity contribution in [3.05, 3.63) is 15.5 Å². The van der Waals surface area contributed by atoms with E-state index >= 15 is 0 Å². The van der Waals surface area contributed by atoms with Gasteiger partial charge in [0.2, 0.25) is 4.77 Å². The van der Waals surface area contributed by atoms with Gasteiger partial charge in [-0.15, -0.1) is 11.3 Å². The highest BCUT2D eigenvalue weighted by Gasteiger charge is 2.18. The van der Waals surface area contributed by atoms with E-state index in [4.69, 9.17) is 12.2 Å². The Balaban J connectivity index is 1.74. The van der Waals surface area contributed by atoms with Crippen LogP contribution in [0.25, 0.3) is 10.7 Å². The molecular weight excluding hydrogens is 290 g/mol. The molecule has 0 aromatic carbocycles. The second-order valence-corrected chi connectivity index (χ2v) is 6.97. The lowest BCUT2D eigenvalue weighted by Gasteiger charge is -2.29. The second kappa shape index (κ2) is 5.75. The molecule has 0 spiro atoms. The van der Waals surface area contributed by atoms with E-state index in [0.717, 1.165) is 33.9 Å². The van der Waals surface area contributed by atoms with Gasteiger partial charge in [0.15, 0.2) is 5.82 Å². The summed E-state index contributed by atoms with van der Waals surface area (Å²) in [6.45, 7) is 7.67. The molecule has 0 amide bonds. The number of aryl methyl sites for hydroxylation is 1. The zero-order valence-electron chi connectivity index (χ0n) is 11.8. The molecule has 5 nitrogen and oxygen atoms in total. The average molecular weight is 309 g/mol. The van der Waals surface area contributed by atoms with Crippen LogP contribution in [-0.4, -0.2) is 38.2 Å². The summed E-state index contributed by atoms with van der Waals surface area (Å²) in [5.74, 6) is 1.66. The smallest absolute Gasteiger partial charge is 0.213 e. The van der Waals surface area contributed by atoms with E-state index in [9.17, 15) is 0 Å². The summed E-state index contributed by atoms with van der Waals surface area (Å²) in [7, 11) is 0.